The van der Waals surface area contributed by atoms with E-state index in [1.165, 1.54) is 0 Å². The van der Waals surface area contributed by atoms with Gasteiger partial charge in [-0.3, -0.25) is 4.79 Å². The average molecular weight is 339 g/mol. The number of carbonyl (C=O) groups excluding carboxylic acids is 1. The van der Waals surface area contributed by atoms with Crippen molar-refractivity contribution in [2.24, 2.45) is 17.3 Å². The third-order valence-electron chi connectivity index (χ3n) is 3.72. The van der Waals surface area contributed by atoms with E-state index < -0.39 is 5.91 Å². The number of aryl methyl sites for hydroxylation is 1. The molecule has 0 aliphatic rings. The molecule has 3 aromatic rings. The van der Waals surface area contributed by atoms with Gasteiger partial charge < -0.3 is 19.1 Å². The molecule has 7 nitrogen and oxygen atoms in total. The highest BCUT2D eigenvalue weighted by atomic mass is 16.5. The van der Waals surface area contributed by atoms with Crippen LogP contribution in [0.4, 0.5) is 5.69 Å². The van der Waals surface area contributed by atoms with Gasteiger partial charge in [-0.1, -0.05) is 18.2 Å². The fourth-order valence-corrected chi connectivity index (χ4v) is 2.41. The van der Waals surface area contributed by atoms with Crippen LogP contribution in [0.25, 0.3) is 10.9 Å². The van der Waals surface area contributed by atoms with Crippen LogP contribution in [0.3, 0.4) is 0 Å². The minimum atomic E-state index is -0.553. The molecule has 0 unspecified atom stereocenters. The van der Waals surface area contributed by atoms with E-state index in [1.54, 1.807) is 49.1 Å². The molecule has 0 radical (unpaired) electrons. The summed E-state index contributed by atoms with van der Waals surface area (Å²) in [5.41, 5.74) is 0.963. The van der Waals surface area contributed by atoms with Crippen LogP contribution in [0, 0.1) is 0 Å². The van der Waals surface area contributed by atoms with Crippen LogP contribution in [0.5, 0.6) is 17.4 Å². The topological polar surface area (TPSA) is 85.4 Å². The van der Waals surface area contributed by atoms with Gasteiger partial charge in [-0.2, -0.15) is 0 Å². The highest BCUT2D eigenvalue weighted by molar-refractivity contribution is 5.96. The number of methoxy groups -OCH3 is 1. The third-order valence-corrected chi connectivity index (χ3v) is 3.72. The molecular formula is C18H17N3O4. The SMILES string of the molecule is COc1ccc2c(c1)c(N=NC(=O)COc1ccccc1)c(O)n2C. The van der Waals surface area contributed by atoms with E-state index >= 15 is 0 Å². The van der Waals surface area contributed by atoms with Gasteiger partial charge in [0.1, 0.15) is 11.5 Å². The van der Waals surface area contributed by atoms with Gasteiger partial charge >= 0.3 is 5.91 Å². The second-order valence-corrected chi connectivity index (χ2v) is 5.31. The summed E-state index contributed by atoms with van der Waals surface area (Å²) in [6.45, 7) is -0.234. The quantitative estimate of drug-likeness (QED) is 0.720. The van der Waals surface area contributed by atoms with Crippen molar-refractivity contribution in [2.75, 3.05) is 13.7 Å². The second-order valence-electron chi connectivity index (χ2n) is 5.31. The van der Waals surface area contributed by atoms with Crippen LogP contribution in [-0.4, -0.2) is 29.3 Å². The molecule has 0 bridgehead atoms. The Kier molecular flexibility index (Phi) is 4.65. The Bertz CT molecular complexity index is 932. The van der Waals surface area contributed by atoms with Crippen molar-refractivity contribution in [1.29, 1.82) is 0 Å². The highest BCUT2D eigenvalue weighted by Gasteiger charge is 2.15. The molecular weight excluding hydrogens is 322 g/mol. The zero-order valence-electron chi connectivity index (χ0n) is 13.8. The molecule has 1 N–H and O–H groups in total. The number of carbonyl (C=O) groups is 1. The van der Waals surface area contributed by atoms with Gasteiger partial charge in [0.05, 0.1) is 12.6 Å². The normalized spacial score (nSPS) is 11.1. The van der Waals surface area contributed by atoms with E-state index in [0.29, 0.717) is 16.9 Å². The monoisotopic (exact) mass is 339 g/mol. The van der Waals surface area contributed by atoms with Gasteiger partial charge in [0, 0.05) is 12.4 Å². The Morgan fingerprint density at radius 2 is 1.92 bits per heavy atom. The van der Waals surface area contributed by atoms with E-state index in [4.69, 9.17) is 9.47 Å². The fraction of sp³-hybridized carbons (Fsp3) is 0.167. The van der Waals surface area contributed by atoms with Crippen molar-refractivity contribution < 1.29 is 19.4 Å². The first kappa shape index (κ1) is 16.5. The molecule has 7 heteroatoms. The first-order valence-electron chi connectivity index (χ1n) is 7.58. The molecule has 128 valence electrons. The first-order chi connectivity index (χ1) is 12.1. The Morgan fingerprint density at radius 3 is 2.64 bits per heavy atom. The van der Waals surface area contributed by atoms with Crippen molar-refractivity contribution in [1.82, 2.24) is 4.57 Å². The number of aromatic hydroxyl groups is 1. The van der Waals surface area contributed by atoms with Crippen LogP contribution in [0.1, 0.15) is 0 Å². The predicted molar refractivity (Wildman–Crippen MR) is 92.6 cm³/mol. The molecule has 25 heavy (non-hydrogen) atoms. The van der Waals surface area contributed by atoms with Crippen molar-refractivity contribution in [3.8, 4) is 17.4 Å². The van der Waals surface area contributed by atoms with E-state index in [1.807, 2.05) is 18.2 Å². The van der Waals surface area contributed by atoms with Gasteiger partial charge in [0.25, 0.3) is 0 Å². The number of azo groups is 1. The predicted octanol–water partition coefficient (Wildman–Crippen LogP) is 3.58. The lowest BCUT2D eigenvalue weighted by molar-refractivity contribution is -0.120. The molecule has 1 heterocycles. The number of hydrogen-bond acceptors (Lipinski definition) is 5. The van der Waals surface area contributed by atoms with Gasteiger partial charge in [-0.05, 0) is 30.3 Å². The number of aromatic nitrogens is 1. The summed E-state index contributed by atoms with van der Waals surface area (Å²) in [5.74, 6) is 0.559. The third kappa shape index (κ3) is 3.45. The average Bonchev–Trinajstić information content (AvgIpc) is 2.89. The number of benzene rings is 2. The minimum absolute atomic E-state index is 0.0798. The molecule has 1 amide bonds. The summed E-state index contributed by atoms with van der Waals surface area (Å²) < 4.78 is 12.1. The number of fused-ring (bicyclic) bond motifs is 1. The maximum absolute atomic E-state index is 11.9. The zero-order chi connectivity index (χ0) is 17.8. The Morgan fingerprint density at radius 1 is 1.16 bits per heavy atom. The lowest BCUT2D eigenvalue weighted by Crippen LogP contribution is -2.07. The van der Waals surface area contributed by atoms with E-state index in [9.17, 15) is 9.90 Å². The number of rotatable bonds is 5. The maximum atomic E-state index is 11.9. The Labute approximate surface area is 144 Å². The minimum Gasteiger partial charge on any atom is -0.497 e. The molecule has 0 aliphatic carbocycles. The standard InChI is InChI=1S/C18H17N3O4/c1-21-15-9-8-13(24-2)10-14(15)17(18(21)23)20-19-16(22)11-25-12-6-4-3-5-7-12/h3-10,23H,11H2,1-2H3. The van der Waals surface area contributed by atoms with Gasteiger partial charge in [0.2, 0.25) is 5.88 Å². The summed E-state index contributed by atoms with van der Waals surface area (Å²) in [5, 5.41) is 18.4. The molecule has 1 aromatic heterocycles. The summed E-state index contributed by atoms with van der Waals surface area (Å²) in [7, 11) is 3.25. The van der Waals surface area contributed by atoms with Crippen LogP contribution in [0.2, 0.25) is 0 Å². The molecule has 0 spiro atoms. The largest absolute Gasteiger partial charge is 0.497 e. The summed E-state index contributed by atoms with van der Waals surface area (Å²) in [4.78, 5) is 11.9. The smallest absolute Gasteiger partial charge is 0.302 e. The molecule has 0 aliphatic heterocycles. The number of nitrogens with zero attached hydrogens (tertiary/aromatic N) is 3. The van der Waals surface area contributed by atoms with E-state index in [2.05, 4.69) is 10.2 Å². The van der Waals surface area contributed by atoms with Gasteiger partial charge in [0.15, 0.2) is 12.3 Å². The molecule has 0 atom stereocenters. The van der Waals surface area contributed by atoms with Crippen molar-refractivity contribution in [3.05, 3.63) is 48.5 Å². The maximum Gasteiger partial charge on any atom is 0.302 e. The molecule has 0 saturated heterocycles. The summed E-state index contributed by atoms with van der Waals surface area (Å²) in [6, 6.07) is 14.3. The van der Waals surface area contributed by atoms with Crippen LogP contribution in [0.15, 0.2) is 58.8 Å². The molecule has 0 saturated carbocycles. The summed E-state index contributed by atoms with van der Waals surface area (Å²) in [6.07, 6.45) is 0. The summed E-state index contributed by atoms with van der Waals surface area (Å²) >= 11 is 0. The number of para-hydroxylation sites is 1. The van der Waals surface area contributed by atoms with Crippen LogP contribution >= 0.6 is 0 Å². The number of ether oxygens (including phenoxy) is 2. The van der Waals surface area contributed by atoms with E-state index in [-0.39, 0.29) is 18.2 Å². The van der Waals surface area contributed by atoms with Crippen molar-refractivity contribution in [2.45, 2.75) is 0 Å². The Hall–Kier alpha value is -3.35. The van der Waals surface area contributed by atoms with Crippen LogP contribution < -0.4 is 9.47 Å². The molecule has 3 rings (SSSR count). The lowest BCUT2D eigenvalue weighted by Gasteiger charge is -2.01. The molecule has 2 aromatic carbocycles. The lowest BCUT2D eigenvalue weighted by atomic mass is 10.2. The Balaban J connectivity index is 1.80. The highest BCUT2D eigenvalue weighted by Crippen LogP contribution is 2.39. The van der Waals surface area contributed by atoms with Gasteiger partial charge in [-0.15, -0.1) is 10.2 Å². The van der Waals surface area contributed by atoms with Crippen molar-refractivity contribution >= 4 is 22.5 Å². The zero-order valence-corrected chi connectivity index (χ0v) is 13.8. The number of hydrogen-bond donors (Lipinski definition) is 1. The molecule has 0 fully saturated rings. The van der Waals surface area contributed by atoms with E-state index in [0.717, 1.165) is 5.52 Å². The van der Waals surface area contributed by atoms with Crippen molar-refractivity contribution in [3.63, 3.8) is 0 Å². The first-order valence-corrected chi connectivity index (χ1v) is 7.58. The van der Waals surface area contributed by atoms with Crippen LogP contribution in [-0.2, 0) is 11.8 Å². The fourth-order valence-electron chi connectivity index (χ4n) is 2.41. The van der Waals surface area contributed by atoms with Gasteiger partial charge in [-0.25, -0.2) is 0 Å². The number of amides is 1. The second kappa shape index (κ2) is 7.04.